The normalized spacial score (nSPS) is 22.3. The van der Waals surface area contributed by atoms with E-state index >= 15 is 0 Å². The van der Waals surface area contributed by atoms with Crippen LogP contribution in [-0.2, 0) is 11.3 Å². The van der Waals surface area contributed by atoms with Crippen molar-refractivity contribution in [2.24, 2.45) is 5.92 Å². The lowest BCUT2D eigenvalue weighted by Crippen LogP contribution is -2.39. The lowest BCUT2D eigenvalue weighted by molar-refractivity contribution is -0.133. The molecule has 1 aliphatic carbocycles. The fraction of sp³-hybridized carbons (Fsp3) is 0.632. The Hall–Kier alpha value is -1.91. The van der Waals surface area contributed by atoms with E-state index in [0.717, 1.165) is 43.4 Å². The molecule has 2 heterocycles. The van der Waals surface area contributed by atoms with Gasteiger partial charge in [0.2, 0.25) is 5.91 Å². The molecule has 5 heteroatoms. The Balaban J connectivity index is 1.43. The first-order valence-corrected chi connectivity index (χ1v) is 9.39. The van der Waals surface area contributed by atoms with Gasteiger partial charge in [0.15, 0.2) is 0 Å². The second-order valence-electron chi connectivity index (χ2n) is 7.35. The Morgan fingerprint density at radius 3 is 2.79 bits per heavy atom. The summed E-state index contributed by atoms with van der Waals surface area (Å²) in [7, 11) is 0. The van der Waals surface area contributed by atoms with Crippen LogP contribution in [0.3, 0.4) is 0 Å². The van der Waals surface area contributed by atoms with Crippen LogP contribution in [0.25, 0.3) is 11.0 Å². The van der Waals surface area contributed by atoms with Crippen LogP contribution in [0.4, 0.5) is 0 Å². The van der Waals surface area contributed by atoms with E-state index in [-0.39, 0.29) is 6.04 Å². The molecule has 0 bridgehead atoms. The zero-order valence-corrected chi connectivity index (χ0v) is 14.2. The molecule has 4 rings (SSSR count). The molecule has 5 nitrogen and oxygen atoms in total. The van der Waals surface area contributed by atoms with Gasteiger partial charge in [-0.3, -0.25) is 4.79 Å². The highest BCUT2D eigenvalue weighted by Gasteiger charge is 2.31. The summed E-state index contributed by atoms with van der Waals surface area (Å²) in [6, 6.07) is 8.31. The summed E-state index contributed by atoms with van der Waals surface area (Å²) in [6.45, 7) is 1.67. The number of benzene rings is 1. The first kappa shape index (κ1) is 15.6. The van der Waals surface area contributed by atoms with Crippen molar-refractivity contribution in [1.82, 2.24) is 19.9 Å². The van der Waals surface area contributed by atoms with Gasteiger partial charge in [0.25, 0.3) is 0 Å². The van der Waals surface area contributed by atoms with E-state index in [2.05, 4.69) is 21.3 Å². The molecule has 1 aliphatic heterocycles. The summed E-state index contributed by atoms with van der Waals surface area (Å²) in [5.74, 6) is 0.966. The number of aromatic nitrogens is 3. The zero-order chi connectivity index (χ0) is 16.4. The van der Waals surface area contributed by atoms with Gasteiger partial charge in [0, 0.05) is 13.0 Å². The van der Waals surface area contributed by atoms with Gasteiger partial charge in [-0.2, -0.15) is 0 Å². The highest BCUT2D eigenvalue weighted by Crippen LogP contribution is 2.29. The van der Waals surface area contributed by atoms with Crippen molar-refractivity contribution in [3.05, 3.63) is 24.3 Å². The average Bonchev–Trinajstić information content (AvgIpc) is 3.24. The van der Waals surface area contributed by atoms with Gasteiger partial charge in [-0.15, -0.1) is 5.10 Å². The molecule has 1 atom stereocenters. The molecule has 0 spiro atoms. The third-order valence-electron chi connectivity index (χ3n) is 5.69. The largest absolute Gasteiger partial charge is 0.338 e. The second-order valence-corrected chi connectivity index (χ2v) is 7.35. The molecule has 2 aliphatic rings. The average molecular weight is 326 g/mol. The number of likely N-dealkylation sites (tertiary alicyclic amines) is 1. The Morgan fingerprint density at radius 1 is 1.08 bits per heavy atom. The smallest absolute Gasteiger partial charge is 0.223 e. The summed E-state index contributed by atoms with van der Waals surface area (Å²) in [5, 5.41) is 8.53. The topological polar surface area (TPSA) is 51.0 Å². The molecule has 0 unspecified atom stereocenters. The molecule has 1 amide bonds. The van der Waals surface area contributed by atoms with Crippen molar-refractivity contribution in [2.75, 3.05) is 6.54 Å². The summed E-state index contributed by atoms with van der Waals surface area (Å²) >= 11 is 0. The maximum Gasteiger partial charge on any atom is 0.223 e. The van der Waals surface area contributed by atoms with E-state index in [0.29, 0.717) is 11.8 Å². The van der Waals surface area contributed by atoms with Crippen LogP contribution < -0.4 is 0 Å². The zero-order valence-electron chi connectivity index (χ0n) is 14.2. The third-order valence-corrected chi connectivity index (χ3v) is 5.69. The van der Waals surface area contributed by atoms with Gasteiger partial charge in [-0.1, -0.05) is 36.6 Å². The summed E-state index contributed by atoms with van der Waals surface area (Å²) in [5.41, 5.74) is 1.99. The molecule has 1 aromatic heterocycles. The highest BCUT2D eigenvalue weighted by molar-refractivity contribution is 5.77. The number of hydrogen-bond donors (Lipinski definition) is 0. The molecular weight excluding hydrogens is 300 g/mol. The van der Waals surface area contributed by atoms with Crippen LogP contribution in [0.2, 0.25) is 0 Å². The molecule has 2 aromatic rings. The van der Waals surface area contributed by atoms with Crippen LogP contribution >= 0.6 is 0 Å². The minimum absolute atomic E-state index is 0.270. The van der Waals surface area contributed by atoms with Crippen LogP contribution in [0.1, 0.15) is 51.4 Å². The van der Waals surface area contributed by atoms with E-state index in [1.807, 2.05) is 22.9 Å². The molecule has 24 heavy (non-hydrogen) atoms. The standard InChI is InChI=1S/C19H26N4O/c24-19(13-15-7-2-1-3-8-15)22-12-6-9-16(22)14-23-18-11-5-4-10-17(18)20-21-23/h4-5,10-11,15-16H,1-3,6-9,12-14H2/t16-/m1/s1. The van der Waals surface area contributed by atoms with Crippen LogP contribution in [0.5, 0.6) is 0 Å². The molecule has 0 radical (unpaired) electrons. The van der Waals surface area contributed by atoms with Crippen molar-refractivity contribution in [1.29, 1.82) is 0 Å². The molecular formula is C19H26N4O. The van der Waals surface area contributed by atoms with Crippen molar-refractivity contribution in [3.8, 4) is 0 Å². The van der Waals surface area contributed by atoms with Crippen molar-refractivity contribution in [2.45, 2.75) is 64.0 Å². The van der Waals surface area contributed by atoms with Gasteiger partial charge in [-0.05, 0) is 43.7 Å². The number of hydrogen-bond acceptors (Lipinski definition) is 3. The maximum atomic E-state index is 12.8. The second kappa shape index (κ2) is 6.91. The van der Waals surface area contributed by atoms with Gasteiger partial charge in [0.1, 0.15) is 5.52 Å². The van der Waals surface area contributed by atoms with Crippen molar-refractivity contribution in [3.63, 3.8) is 0 Å². The number of fused-ring (bicyclic) bond motifs is 1. The number of para-hydroxylation sites is 1. The van der Waals surface area contributed by atoms with Crippen LogP contribution in [-0.4, -0.2) is 38.4 Å². The first-order valence-electron chi connectivity index (χ1n) is 9.39. The van der Waals surface area contributed by atoms with E-state index < -0.39 is 0 Å². The van der Waals surface area contributed by atoms with Gasteiger partial charge < -0.3 is 4.90 Å². The first-order chi connectivity index (χ1) is 11.8. The number of carbonyl (C=O) groups is 1. The van der Waals surface area contributed by atoms with Crippen LogP contribution in [0.15, 0.2) is 24.3 Å². The quantitative estimate of drug-likeness (QED) is 0.865. The maximum absolute atomic E-state index is 12.8. The Kier molecular flexibility index (Phi) is 4.50. The number of rotatable bonds is 4. The molecule has 1 aromatic carbocycles. The Bertz CT molecular complexity index is 704. The lowest BCUT2D eigenvalue weighted by atomic mass is 9.86. The highest BCUT2D eigenvalue weighted by atomic mass is 16.2. The third kappa shape index (κ3) is 3.17. The summed E-state index contributed by atoms with van der Waals surface area (Å²) in [4.78, 5) is 14.9. The van der Waals surface area contributed by atoms with Crippen molar-refractivity contribution < 1.29 is 4.79 Å². The molecule has 2 fully saturated rings. The van der Waals surface area contributed by atoms with Crippen LogP contribution in [0, 0.1) is 5.92 Å². The fourth-order valence-electron chi connectivity index (χ4n) is 4.36. The van der Waals surface area contributed by atoms with E-state index in [4.69, 9.17) is 0 Å². The molecule has 1 saturated carbocycles. The minimum Gasteiger partial charge on any atom is -0.338 e. The van der Waals surface area contributed by atoms with E-state index in [1.165, 1.54) is 32.1 Å². The molecule has 128 valence electrons. The van der Waals surface area contributed by atoms with Crippen molar-refractivity contribution >= 4 is 16.9 Å². The SMILES string of the molecule is O=C(CC1CCCCC1)N1CCC[C@@H]1Cn1nnc2ccccc21. The molecule has 0 N–H and O–H groups in total. The number of amides is 1. The van der Waals surface area contributed by atoms with E-state index in [9.17, 15) is 4.79 Å². The lowest BCUT2D eigenvalue weighted by Gasteiger charge is -2.28. The van der Waals surface area contributed by atoms with Gasteiger partial charge in [0.05, 0.1) is 18.1 Å². The Labute approximate surface area is 143 Å². The summed E-state index contributed by atoms with van der Waals surface area (Å²) < 4.78 is 1.96. The summed E-state index contributed by atoms with van der Waals surface area (Å²) in [6.07, 6.45) is 9.33. The predicted molar refractivity (Wildman–Crippen MR) is 93.5 cm³/mol. The van der Waals surface area contributed by atoms with Gasteiger partial charge in [-0.25, -0.2) is 4.68 Å². The Morgan fingerprint density at radius 2 is 1.92 bits per heavy atom. The molecule has 1 saturated heterocycles. The predicted octanol–water partition coefficient (Wildman–Crippen LogP) is 3.39. The van der Waals surface area contributed by atoms with E-state index in [1.54, 1.807) is 0 Å². The number of carbonyl (C=O) groups excluding carboxylic acids is 1. The minimum atomic E-state index is 0.270. The van der Waals surface area contributed by atoms with Gasteiger partial charge >= 0.3 is 0 Å². The number of nitrogens with zero attached hydrogens (tertiary/aromatic N) is 4. The monoisotopic (exact) mass is 326 g/mol. The fourth-order valence-corrected chi connectivity index (χ4v) is 4.36.